The molecule has 1 aliphatic rings. The summed E-state index contributed by atoms with van der Waals surface area (Å²) >= 11 is 0. The van der Waals surface area contributed by atoms with Crippen LogP contribution in [0.25, 0.3) is 0 Å². The van der Waals surface area contributed by atoms with Gasteiger partial charge < -0.3 is 5.73 Å². The van der Waals surface area contributed by atoms with Crippen molar-refractivity contribution in [2.24, 2.45) is 0 Å². The summed E-state index contributed by atoms with van der Waals surface area (Å²) in [7, 11) is -6.92. The second kappa shape index (κ2) is 5.58. The van der Waals surface area contributed by atoms with Crippen LogP contribution in [-0.4, -0.2) is 34.4 Å². The zero-order valence-corrected chi connectivity index (χ0v) is 13.7. The summed E-state index contributed by atoms with van der Waals surface area (Å²) in [6.07, 6.45) is 1.09. The summed E-state index contributed by atoms with van der Waals surface area (Å²) in [5.41, 5.74) is 7.82. The summed E-state index contributed by atoms with van der Waals surface area (Å²) in [6, 6.07) is 2.94. The van der Waals surface area contributed by atoms with Crippen molar-refractivity contribution in [3.63, 3.8) is 0 Å². The quantitative estimate of drug-likeness (QED) is 0.791. The SMILES string of the molecule is Cc1cc(S(=O)(=O)NCC2CCCS2(=O)=O)cc(N)c1C. The summed E-state index contributed by atoms with van der Waals surface area (Å²) in [4.78, 5) is 0.0681. The number of rotatable bonds is 4. The standard InChI is InChI=1S/C13H20N2O4S2/c1-9-6-12(7-13(14)10(9)2)21(18,19)15-8-11-4-3-5-20(11,16)17/h6-7,11,15H,3-5,8,14H2,1-2H3. The van der Waals surface area contributed by atoms with Gasteiger partial charge in [-0.1, -0.05) is 0 Å². The Hall–Kier alpha value is -1.12. The van der Waals surface area contributed by atoms with Crippen LogP contribution in [0, 0.1) is 13.8 Å². The van der Waals surface area contributed by atoms with Crippen LogP contribution in [0.15, 0.2) is 17.0 Å². The minimum atomic E-state index is -3.75. The molecular formula is C13H20N2O4S2. The fourth-order valence-electron chi connectivity index (χ4n) is 2.38. The third-order valence-electron chi connectivity index (χ3n) is 3.96. The van der Waals surface area contributed by atoms with Crippen LogP contribution in [0.4, 0.5) is 5.69 Å². The van der Waals surface area contributed by atoms with Crippen molar-refractivity contribution < 1.29 is 16.8 Å². The van der Waals surface area contributed by atoms with Crippen LogP contribution in [-0.2, 0) is 19.9 Å². The minimum Gasteiger partial charge on any atom is -0.398 e. The molecule has 1 aromatic rings. The van der Waals surface area contributed by atoms with Gasteiger partial charge >= 0.3 is 0 Å². The molecule has 1 aromatic carbocycles. The van der Waals surface area contributed by atoms with Crippen molar-refractivity contribution in [2.75, 3.05) is 18.0 Å². The minimum absolute atomic E-state index is 0.0681. The monoisotopic (exact) mass is 332 g/mol. The molecule has 1 aliphatic heterocycles. The van der Waals surface area contributed by atoms with Gasteiger partial charge in [-0.3, -0.25) is 0 Å². The average molecular weight is 332 g/mol. The topological polar surface area (TPSA) is 106 Å². The van der Waals surface area contributed by atoms with E-state index in [4.69, 9.17) is 5.73 Å². The van der Waals surface area contributed by atoms with E-state index in [0.717, 1.165) is 11.1 Å². The lowest BCUT2D eigenvalue weighted by molar-refractivity contribution is 0.571. The smallest absolute Gasteiger partial charge is 0.240 e. The first-order valence-corrected chi connectivity index (χ1v) is 9.91. The van der Waals surface area contributed by atoms with Gasteiger partial charge in [0.2, 0.25) is 10.0 Å². The third kappa shape index (κ3) is 3.38. The lowest BCUT2D eigenvalue weighted by Crippen LogP contribution is -2.34. The molecular weight excluding hydrogens is 312 g/mol. The number of hydrogen-bond donors (Lipinski definition) is 2. The first-order chi connectivity index (χ1) is 9.63. The van der Waals surface area contributed by atoms with E-state index >= 15 is 0 Å². The molecule has 6 nitrogen and oxygen atoms in total. The Bertz CT molecular complexity index is 731. The molecule has 0 amide bonds. The number of nitrogen functional groups attached to an aromatic ring is 1. The maximum atomic E-state index is 12.3. The number of sulfone groups is 1. The molecule has 1 saturated heterocycles. The van der Waals surface area contributed by atoms with Gasteiger partial charge in [0.15, 0.2) is 9.84 Å². The number of sulfonamides is 1. The average Bonchev–Trinajstić information content (AvgIpc) is 2.72. The highest BCUT2D eigenvalue weighted by molar-refractivity contribution is 7.92. The number of nitrogens with one attached hydrogen (secondary N) is 1. The van der Waals surface area contributed by atoms with Gasteiger partial charge in [-0.2, -0.15) is 0 Å². The molecule has 0 aliphatic carbocycles. The number of anilines is 1. The molecule has 0 saturated carbocycles. The van der Waals surface area contributed by atoms with Gasteiger partial charge in [0.05, 0.1) is 15.9 Å². The highest BCUT2D eigenvalue weighted by Gasteiger charge is 2.32. The summed E-state index contributed by atoms with van der Waals surface area (Å²) in [5.74, 6) is 0.135. The first kappa shape index (κ1) is 16.3. The molecule has 1 atom stereocenters. The van der Waals surface area contributed by atoms with Crippen LogP contribution in [0.1, 0.15) is 24.0 Å². The Morgan fingerprint density at radius 2 is 2.00 bits per heavy atom. The fourth-order valence-corrected chi connectivity index (χ4v) is 5.45. The fraction of sp³-hybridized carbons (Fsp3) is 0.538. The summed E-state index contributed by atoms with van der Waals surface area (Å²) in [5, 5.41) is -0.629. The Labute approximate surface area is 125 Å². The van der Waals surface area contributed by atoms with E-state index in [9.17, 15) is 16.8 Å². The largest absolute Gasteiger partial charge is 0.398 e. The van der Waals surface area contributed by atoms with Crippen LogP contribution < -0.4 is 10.5 Å². The Kier molecular flexibility index (Phi) is 4.32. The van der Waals surface area contributed by atoms with Crippen molar-refractivity contribution in [2.45, 2.75) is 36.8 Å². The maximum Gasteiger partial charge on any atom is 0.240 e. The molecule has 8 heteroatoms. The molecule has 1 heterocycles. The number of benzene rings is 1. The second-order valence-corrected chi connectivity index (χ2v) is 9.61. The molecule has 2 rings (SSSR count). The van der Waals surface area contributed by atoms with E-state index in [1.54, 1.807) is 6.92 Å². The van der Waals surface area contributed by atoms with Crippen molar-refractivity contribution >= 4 is 25.5 Å². The van der Waals surface area contributed by atoms with Crippen molar-refractivity contribution in [3.8, 4) is 0 Å². The highest BCUT2D eigenvalue weighted by atomic mass is 32.2. The predicted molar refractivity (Wildman–Crippen MR) is 82.3 cm³/mol. The Balaban J connectivity index is 2.20. The lowest BCUT2D eigenvalue weighted by Gasteiger charge is -2.13. The van der Waals surface area contributed by atoms with Crippen molar-refractivity contribution in [3.05, 3.63) is 23.3 Å². The highest BCUT2D eigenvalue weighted by Crippen LogP contribution is 2.23. The van der Waals surface area contributed by atoms with Crippen molar-refractivity contribution in [1.82, 2.24) is 4.72 Å². The summed E-state index contributed by atoms with van der Waals surface area (Å²) in [6.45, 7) is 3.52. The van der Waals surface area contributed by atoms with Crippen LogP contribution >= 0.6 is 0 Å². The number of aryl methyl sites for hydroxylation is 1. The molecule has 1 fully saturated rings. The zero-order chi connectivity index (χ0) is 15.8. The lowest BCUT2D eigenvalue weighted by atomic mass is 10.1. The molecule has 3 N–H and O–H groups in total. The van der Waals surface area contributed by atoms with Gasteiger partial charge in [-0.05, 0) is 49.9 Å². The maximum absolute atomic E-state index is 12.3. The molecule has 0 spiro atoms. The van der Waals surface area contributed by atoms with E-state index in [1.165, 1.54) is 12.1 Å². The van der Waals surface area contributed by atoms with Gasteiger partial charge in [-0.15, -0.1) is 0 Å². The Morgan fingerprint density at radius 3 is 2.52 bits per heavy atom. The molecule has 21 heavy (non-hydrogen) atoms. The molecule has 0 aromatic heterocycles. The Morgan fingerprint density at radius 1 is 1.33 bits per heavy atom. The predicted octanol–water partition coefficient (Wildman–Crippen LogP) is 0.741. The summed E-state index contributed by atoms with van der Waals surface area (Å²) < 4.78 is 50.3. The van der Waals surface area contributed by atoms with Crippen molar-refractivity contribution in [1.29, 1.82) is 0 Å². The van der Waals surface area contributed by atoms with E-state index in [1.807, 2.05) is 6.92 Å². The third-order valence-corrected chi connectivity index (χ3v) is 7.63. The van der Waals surface area contributed by atoms with Gasteiger partial charge in [0.25, 0.3) is 0 Å². The molecule has 0 radical (unpaired) electrons. The van der Waals surface area contributed by atoms with E-state index < -0.39 is 25.1 Å². The zero-order valence-electron chi connectivity index (χ0n) is 12.1. The molecule has 0 bridgehead atoms. The van der Waals surface area contributed by atoms with E-state index in [0.29, 0.717) is 18.5 Å². The number of nitrogens with two attached hydrogens (primary N) is 1. The normalized spacial score (nSPS) is 21.5. The van der Waals surface area contributed by atoms with Crippen LogP contribution in [0.5, 0.6) is 0 Å². The molecule has 1 unspecified atom stereocenters. The first-order valence-electron chi connectivity index (χ1n) is 6.71. The molecule has 118 valence electrons. The van der Waals surface area contributed by atoms with Gasteiger partial charge in [-0.25, -0.2) is 21.6 Å². The van der Waals surface area contributed by atoms with E-state index in [-0.39, 0.29) is 17.2 Å². The van der Waals surface area contributed by atoms with Crippen LogP contribution in [0.3, 0.4) is 0 Å². The van der Waals surface area contributed by atoms with Crippen LogP contribution in [0.2, 0.25) is 0 Å². The van der Waals surface area contributed by atoms with Gasteiger partial charge in [0, 0.05) is 12.2 Å². The second-order valence-electron chi connectivity index (χ2n) is 5.44. The number of hydrogen-bond acceptors (Lipinski definition) is 5. The van der Waals surface area contributed by atoms with Gasteiger partial charge in [0.1, 0.15) is 0 Å². The van der Waals surface area contributed by atoms with E-state index in [2.05, 4.69) is 4.72 Å².